The van der Waals surface area contributed by atoms with Crippen LogP contribution < -0.4 is 10.1 Å². The molecule has 5 nitrogen and oxygen atoms in total. The Bertz CT molecular complexity index is 650. The number of hydrogen-bond acceptors (Lipinski definition) is 3. The topological polar surface area (TPSA) is 61.8 Å². The summed E-state index contributed by atoms with van der Waals surface area (Å²) in [5, 5.41) is 12.4. The Hall–Kier alpha value is -2.24. The van der Waals surface area contributed by atoms with Crippen LogP contribution in [0.5, 0.6) is 5.75 Å². The summed E-state index contributed by atoms with van der Waals surface area (Å²) >= 11 is 6.10. The highest BCUT2D eigenvalue weighted by atomic mass is 35.5. The van der Waals surface area contributed by atoms with E-state index in [0.717, 1.165) is 5.56 Å². The standard InChI is InChI=1S/C17H19ClN2O3/c1-23-14-7-8-15(18)16(11-14)19-17(22)20(9-10-21)12-13-5-3-2-4-6-13/h2-8,11,21H,9-10,12H2,1H3,(H,19,22). The molecule has 0 fully saturated rings. The minimum Gasteiger partial charge on any atom is -0.497 e. The van der Waals surface area contributed by atoms with Gasteiger partial charge in [-0.2, -0.15) is 0 Å². The van der Waals surface area contributed by atoms with Crippen molar-refractivity contribution in [2.75, 3.05) is 25.6 Å². The molecule has 2 rings (SSSR count). The highest BCUT2D eigenvalue weighted by Gasteiger charge is 2.15. The molecule has 0 spiro atoms. The Morgan fingerprint density at radius 3 is 2.65 bits per heavy atom. The number of rotatable bonds is 6. The number of hydrogen-bond donors (Lipinski definition) is 2. The molecule has 23 heavy (non-hydrogen) atoms. The molecule has 2 amide bonds. The fourth-order valence-corrected chi connectivity index (χ4v) is 2.26. The maximum absolute atomic E-state index is 12.5. The second kappa shape index (κ2) is 8.41. The number of carbonyl (C=O) groups is 1. The van der Waals surface area contributed by atoms with Gasteiger partial charge in [0.15, 0.2) is 0 Å². The number of aliphatic hydroxyl groups excluding tert-OH is 1. The Balaban J connectivity index is 2.12. The molecule has 2 aromatic carbocycles. The molecule has 0 radical (unpaired) electrons. The van der Waals surface area contributed by atoms with Gasteiger partial charge in [0.05, 0.1) is 24.4 Å². The number of methoxy groups -OCH3 is 1. The van der Waals surface area contributed by atoms with E-state index in [1.54, 1.807) is 25.3 Å². The first-order chi connectivity index (χ1) is 11.1. The maximum Gasteiger partial charge on any atom is 0.322 e. The lowest BCUT2D eigenvalue weighted by atomic mass is 10.2. The normalized spacial score (nSPS) is 10.2. The maximum atomic E-state index is 12.5. The Labute approximate surface area is 140 Å². The van der Waals surface area contributed by atoms with E-state index in [1.165, 1.54) is 4.90 Å². The van der Waals surface area contributed by atoms with E-state index in [0.29, 0.717) is 23.0 Å². The zero-order valence-corrected chi connectivity index (χ0v) is 13.6. The number of benzene rings is 2. The fourth-order valence-electron chi connectivity index (χ4n) is 2.10. The smallest absolute Gasteiger partial charge is 0.322 e. The number of aliphatic hydroxyl groups is 1. The largest absolute Gasteiger partial charge is 0.497 e. The van der Waals surface area contributed by atoms with Crippen molar-refractivity contribution < 1.29 is 14.6 Å². The van der Waals surface area contributed by atoms with Gasteiger partial charge in [0.2, 0.25) is 0 Å². The molecule has 0 unspecified atom stereocenters. The Kier molecular flexibility index (Phi) is 6.26. The van der Waals surface area contributed by atoms with E-state index >= 15 is 0 Å². The Morgan fingerprint density at radius 2 is 2.00 bits per heavy atom. The SMILES string of the molecule is COc1ccc(Cl)c(NC(=O)N(CCO)Cc2ccccc2)c1. The van der Waals surface area contributed by atoms with Crippen molar-refractivity contribution in [3.05, 3.63) is 59.1 Å². The van der Waals surface area contributed by atoms with Gasteiger partial charge in [-0.15, -0.1) is 0 Å². The average Bonchev–Trinajstić information content (AvgIpc) is 2.57. The van der Waals surface area contributed by atoms with Crippen molar-refractivity contribution in [3.8, 4) is 5.75 Å². The van der Waals surface area contributed by atoms with Gasteiger partial charge in [0.1, 0.15) is 5.75 Å². The number of nitrogens with one attached hydrogen (secondary N) is 1. The number of halogens is 1. The van der Waals surface area contributed by atoms with Crippen LogP contribution in [0.1, 0.15) is 5.56 Å². The van der Waals surface area contributed by atoms with Crippen molar-refractivity contribution in [1.82, 2.24) is 4.90 Å². The first-order valence-corrected chi connectivity index (χ1v) is 7.56. The summed E-state index contributed by atoms with van der Waals surface area (Å²) in [6.07, 6.45) is 0. The van der Waals surface area contributed by atoms with E-state index in [2.05, 4.69) is 5.32 Å². The van der Waals surface area contributed by atoms with Crippen molar-refractivity contribution in [2.45, 2.75) is 6.54 Å². The minimum absolute atomic E-state index is 0.119. The highest BCUT2D eigenvalue weighted by molar-refractivity contribution is 6.33. The van der Waals surface area contributed by atoms with Crippen LogP contribution in [0, 0.1) is 0 Å². The van der Waals surface area contributed by atoms with E-state index in [9.17, 15) is 9.90 Å². The predicted octanol–water partition coefficient (Wildman–Crippen LogP) is 3.38. The van der Waals surface area contributed by atoms with Crippen molar-refractivity contribution in [3.63, 3.8) is 0 Å². The van der Waals surface area contributed by atoms with Gasteiger partial charge in [-0.25, -0.2) is 4.79 Å². The van der Waals surface area contributed by atoms with E-state index in [-0.39, 0.29) is 19.2 Å². The summed E-state index contributed by atoms with van der Waals surface area (Å²) in [4.78, 5) is 14.0. The third-order valence-corrected chi connectivity index (χ3v) is 3.62. The van der Waals surface area contributed by atoms with Crippen LogP contribution in [-0.4, -0.2) is 36.3 Å². The van der Waals surface area contributed by atoms with Gasteiger partial charge in [-0.1, -0.05) is 41.9 Å². The van der Waals surface area contributed by atoms with Crippen LogP contribution >= 0.6 is 11.6 Å². The second-order valence-electron chi connectivity index (χ2n) is 4.91. The van der Waals surface area contributed by atoms with Crippen LogP contribution in [0.4, 0.5) is 10.5 Å². The molecule has 0 aliphatic carbocycles. The van der Waals surface area contributed by atoms with E-state index < -0.39 is 0 Å². The van der Waals surface area contributed by atoms with Gasteiger partial charge in [-0.3, -0.25) is 0 Å². The molecule has 0 heterocycles. The molecule has 2 aromatic rings. The lowest BCUT2D eigenvalue weighted by Gasteiger charge is -2.22. The predicted molar refractivity (Wildman–Crippen MR) is 91.0 cm³/mol. The molecule has 0 bridgehead atoms. The lowest BCUT2D eigenvalue weighted by molar-refractivity contribution is 0.185. The van der Waals surface area contributed by atoms with Crippen LogP contribution in [0.3, 0.4) is 0 Å². The summed E-state index contributed by atoms with van der Waals surface area (Å²) < 4.78 is 5.13. The fraction of sp³-hybridized carbons (Fsp3) is 0.235. The number of urea groups is 1. The van der Waals surface area contributed by atoms with Gasteiger partial charge in [0, 0.05) is 19.2 Å². The highest BCUT2D eigenvalue weighted by Crippen LogP contribution is 2.27. The summed E-state index contributed by atoms with van der Waals surface area (Å²) in [6, 6.07) is 14.3. The van der Waals surface area contributed by atoms with E-state index in [4.69, 9.17) is 16.3 Å². The molecule has 0 atom stereocenters. The third-order valence-electron chi connectivity index (χ3n) is 3.29. The van der Waals surface area contributed by atoms with Crippen LogP contribution in [0.2, 0.25) is 5.02 Å². The molecule has 0 aliphatic heterocycles. The summed E-state index contributed by atoms with van der Waals surface area (Å²) in [7, 11) is 1.54. The molecular weight excluding hydrogens is 316 g/mol. The Morgan fingerprint density at radius 1 is 1.26 bits per heavy atom. The van der Waals surface area contributed by atoms with Crippen molar-refractivity contribution >= 4 is 23.3 Å². The van der Waals surface area contributed by atoms with Gasteiger partial charge < -0.3 is 20.1 Å². The molecule has 0 aromatic heterocycles. The number of carbonyl (C=O) groups excluding carboxylic acids is 1. The number of amides is 2. The first-order valence-electron chi connectivity index (χ1n) is 7.18. The average molecular weight is 335 g/mol. The van der Waals surface area contributed by atoms with Crippen LogP contribution in [0.25, 0.3) is 0 Å². The van der Waals surface area contributed by atoms with Crippen molar-refractivity contribution in [1.29, 1.82) is 0 Å². The third kappa shape index (κ3) is 4.87. The summed E-state index contributed by atoms with van der Waals surface area (Å²) in [5.74, 6) is 0.599. The van der Waals surface area contributed by atoms with Gasteiger partial charge in [-0.05, 0) is 17.7 Å². The zero-order chi connectivity index (χ0) is 16.7. The lowest BCUT2D eigenvalue weighted by Crippen LogP contribution is -2.36. The summed E-state index contributed by atoms with van der Waals surface area (Å²) in [5.41, 5.74) is 1.44. The number of anilines is 1. The molecule has 122 valence electrons. The molecule has 2 N–H and O–H groups in total. The van der Waals surface area contributed by atoms with E-state index in [1.807, 2.05) is 30.3 Å². The number of ether oxygens (including phenoxy) is 1. The summed E-state index contributed by atoms with van der Waals surface area (Å²) in [6.45, 7) is 0.503. The molecule has 0 saturated heterocycles. The van der Waals surface area contributed by atoms with Crippen molar-refractivity contribution in [2.24, 2.45) is 0 Å². The van der Waals surface area contributed by atoms with Gasteiger partial charge >= 0.3 is 6.03 Å². The monoisotopic (exact) mass is 334 g/mol. The molecule has 6 heteroatoms. The molecular formula is C17H19ClN2O3. The first kappa shape index (κ1) is 17.1. The van der Waals surface area contributed by atoms with Gasteiger partial charge in [0.25, 0.3) is 0 Å². The second-order valence-corrected chi connectivity index (χ2v) is 5.31. The molecule has 0 saturated carbocycles. The molecule has 0 aliphatic rings. The quantitative estimate of drug-likeness (QED) is 0.851. The minimum atomic E-state index is -0.335. The van der Waals surface area contributed by atoms with Crippen LogP contribution in [-0.2, 0) is 6.54 Å². The van der Waals surface area contributed by atoms with Crippen LogP contribution in [0.15, 0.2) is 48.5 Å². The zero-order valence-electron chi connectivity index (χ0n) is 12.8. The number of nitrogens with zero attached hydrogens (tertiary/aromatic N) is 1.